The minimum absolute atomic E-state index is 0.0945. The lowest BCUT2D eigenvalue weighted by molar-refractivity contribution is -0.133. The van der Waals surface area contributed by atoms with Crippen LogP contribution in [0.5, 0.6) is 5.75 Å². The molecule has 1 amide bonds. The second-order valence-corrected chi connectivity index (χ2v) is 8.38. The highest BCUT2D eigenvalue weighted by atomic mass is 19.1. The quantitative estimate of drug-likeness (QED) is 0.385. The van der Waals surface area contributed by atoms with E-state index in [4.69, 9.17) is 19.0 Å². The van der Waals surface area contributed by atoms with Crippen molar-refractivity contribution >= 4 is 17.4 Å². The van der Waals surface area contributed by atoms with Crippen LogP contribution in [0.2, 0.25) is 0 Å². The van der Waals surface area contributed by atoms with Crippen LogP contribution in [0.25, 0.3) is 11.3 Å². The molecule has 1 N–H and O–H groups in total. The molecule has 37 heavy (non-hydrogen) atoms. The predicted molar refractivity (Wildman–Crippen MR) is 131 cm³/mol. The number of aromatic nitrogens is 2. The molecule has 0 aliphatic carbocycles. The van der Waals surface area contributed by atoms with Crippen molar-refractivity contribution in [1.29, 1.82) is 5.26 Å². The number of nitriles is 1. The normalized spacial score (nSPS) is 13.3. The summed E-state index contributed by atoms with van der Waals surface area (Å²) in [6.07, 6.45) is 1.46. The van der Waals surface area contributed by atoms with E-state index in [2.05, 4.69) is 15.6 Å². The Morgan fingerprint density at radius 3 is 2.59 bits per heavy atom. The van der Waals surface area contributed by atoms with Gasteiger partial charge in [0.25, 0.3) is 5.91 Å². The Balaban J connectivity index is 1.13. The molecule has 0 saturated carbocycles. The van der Waals surface area contributed by atoms with Crippen molar-refractivity contribution in [2.24, 2.45) is 0 Å². The van der Waals surface area contributed by atoms with Crippen LogP contribution >= 0.6 is 0 Å². The molecular weight excluding hydrogens is 479 g/mol. The third-order valence-corrected chi connectivity index (χ3v) is 6.00. The van der Waals surface area contributed by atoms with Gasteiger partial charge in [0.15, 0.2) is 18.2 Å². The van der Waals surface area contributed by atoms with Crippen molar-refractivity contribution in [2.75, 3.05) is 43.0 Å². The molecule has 5 rings (SSSR count). The summed E-state index contributed by atoms with van der Waals surface area (Å²) >= 11 is 0. The van der Waals surface area contributed by atoms with Gasteiger partial charge in [-0.05, 0) is 36.4 Å². The Morgan fingerprint density at radius 2 is 1.89 bits per heavy atom. The van der Waals surface area contributed by atoms with E-state index >= 15 is 4.39 Å². The summed E-state index contributed by atoms with van der Waals surface area (Å²) in [5.74, 6) is 1.17. The zero-order valence-corrected chi connectivity index (χ0v) is 19.8. The summed E-state index contributed by atoms with van der Waals surface area (Å²) in [5, 5.41) is 19.7. The minimum atomic E-state index is -0.369. The van der Waals surface area contributed by atoms with Crippen molar-refractivity contribution in [1.82, 2.24) is 15.2 Å². The topological polar surface area (TPSA) is 121 Å². The number of piperazine rings is 1. The van der Waals surface area contributed by atoms with Gasteiger partial charge in [0, 0.05) is 43.9 Å². The molecule has 1 aliphatic rings. The maximum absolute atomic E-state index is 15.0. The fraction of sp³-hybridized carbons (Fsp3) is 0.231. The molecule has 11 heteroatoms. The van der Waals surface area contributed by atoms with Crippen molar-refractivity contribution < 1.29 is 23.0 Å². The van der Waals surface area contributed by atoms with Gasteiger partial charge >= 0.3 is 0 Å². The molecule has 2 aromatic heterocycles. The molecule has 4 aromatic rings. The molecule has 0 bridgehead atoms. The number of ether oxygens (including phenoxy) is 1. The largest absolute Gasteiger partial charge is 0.484 e. The maximum Gasteiger partial charge on any atom is 0.260 e. The van der Waals surface area contributed by atoms with Crippen LogP contribution in [0.15, 0.2) is 69.9 Å². The number of amides is 1. The fourth-order valence-corrected chi connectivity index (χ4v) is 4.00. The van der Waals surface area contributed by atoms with Crippen molar-refractivity contribution in [3.8, 4) is 23.1 Å². The summed E-state index contributed by atoms with van der Waals surface area (Å²) < 4.78 is 30.7. The molecule has 1 saturated heterocycles. The van der Waals surface area contributed by atoms with Gasteiger partial charge in [0.1, 0.15) is 23.5 Å². The number of nitrogens with zero attached hydrogens (tertiary/aromatic N) is 5. The van der Waals surface area contributed by atoms with E-state index in [0.29, 0.717) is 72.6 Å². The Morgan fingerprint density at radius 1 is 1.08 bits per heavy atom. The van der Waals surface area contributed by atoms with Crippen LogP contribution in [0.4, 0.5) is 15.9 Å². The van der Waals surface area contributed by atoms with E-state index in [0.717, 1.165) is 0 Å². The lowest BCUT2D eigenvalue weighted by atomic mass is 10.1. The summed E-state index contributed by atoms with van der Waals surface area (Å²) in [6.45, 7) is 2.19. The van der Waals surface area contributed by atoms with E-state index in [-0.39, 0.29) is 18.3 Å². The number of benzene rings is 2. The van der Waals surface area contributed by atoms with Gasteiger partial charge in [-0.15, -0.1) is 0 Å². The van der Waals surface area contributed by atoms with Crippen LogP contribution in [0.3, 0.4) is 0 Å². The molecule has 0 atom stereocenters. The first-order chi connectivity index (χ1) is 18.1. The SMILES string of the molecule is N#Cc1ccc(OCC(=O)N2CCN(c3ccc(-c4cc(CNc5ccon5)on4)cc3F)CC2)cc1. The highest BCUT2D eigenvalue weighted by Crippen LogP contribution is 2.27. The van der Waals surface area contributed by atoms with Gasteiger partial charge in [-0.2, -0.15) is 5.26 Å². The molecule has 0 radical (unpaired) electrons. The van der Waals surface area contributed by atoms with Crippen molar-refractivity contribution in [3.05, 3.63) is 78.0 Å². The number of anilines is 2. The summed E-state index contributed by atoms with van der Waals surface area (Å²) in [4.78, 5) is 16.2. The minimum Gasteiger partial charge on any atom is -0.484 e. The Hall–Kier alpha value is -4.85. The van der Waals surface area contributed by atoms with Gasteiger partial charge in [-0.3, -0.25) is 4.79 Å². The average molecular weight is 503 g/mol. The summed E-state index contributed by atoms with van der Waals surface area (Å²) in [6, 6.07) is 17.0. The third kappa shape index (κ3) is 5.70. The standard InChI is InChI=1S/C26H23FN6O4/c27-22-13-19(23-14-21(37-30-23)16-29-25-7-12-36-31-25)3-6-24(22)32-8-10-33(11-9-32)26(34)17-35-20-4-1-18(15-28)2-5-20/h1-7,12-14H,8-11,16-17H2,(H,29,31). The van der Waals surface area contributed by atoms with Crippen LogP contribution in [0.1, 0.15) is 11.3 Å². The van der Waals surface area contributed by atoms with E-state index in [1.54, 1.807) is 53.4 Å². The van der Waals surface area contributed by atoms with Gasteiger partial charge in [-0.25, -0.2) is 4.39 Å². The first kappa shape index (κ1) is 23.9. The maximum atomic E-state index is 15.0. The van der Waals surface area contributed by atoms with Gasteiger partial charge in [0.2, 0.25) is 0 Å². The van der Waals surface area contributed by atoms with Gasteiger partial charge < -0.3 is 28.9 Å². The van der Waals surface area contributed by atoms with Crippen LogP contribution in [-0.2, 0) is 11.3 Å². The second-order valence-electron chi connectivity index (χ2n) is 8.38. The molecule has 188 valence electrons. The zero-order valence-electron chi connectivity index (χ0n) is 19.8. The predicted octanol–water partition coefficient (Wildman–Crippen LogP) is 3.68. The highest BCUT2D eigenvalue weighted by molar-refractivity contribution is 5.78. The number of nitrogens with one attached hydrogen (secondary N) is 1. The number of carbonyl (C=O) groups is 1. The number of hydrogen-bond donors (Lipinski definition) is 1. The molecule has 3 heterocycles. The van der Waals surface area contributed by atoms with Crippen molar-refractivity contribution in [3.63, 3.8) is 0 Å². The van der Waals surface area contributed by atoms with Crippen LogP contribution in [0, 0.1) is 17.1 Å². The van der Waals surface area contributed by atoms with E-state index in [1.165, 1.54) is 12.3 Å². The average Bonchev–Trinajstić information content (AvgIpc) is 3.63. The Bertz CT molecular complexity index is 1390. The fourth-order valence-electron chi connectivity index (χ4n) is 4.00. The second kappa shape index (κ2) is 10.8. The van der Waals surface area contributed by atoms with E-state index in [9.17, 15) is 4.79 Å². The Labute approximate surface area is 211 Å². The first-order valence-electron chi connectivity index (χ1n) is 11.6. The van der Waals surface area contributed by atoms with Crippen LogP contribution in [-0.4, -0.2) is 53.9 Å². The monoisotopic (exact) mass is 502 g/mol. The molecular formula is C26H23FN6O4. The molecule has 2 aromatic carbocycles. The summed E-state index contributed by atoms with van der Waals surface area (Å²) in [5.41, 5.74) is 2.13. The third-order valence-electron chi connectivity index (χ3n) is 6.00. The van der Waals surface area contributed by atoms with Crippen molar-refractivity contribution in [2.45, 2.75) is 6.54 Å². The lowest BCUT2D eigenvalue weighted by Crippen LogP contribution is -2.50. The van der Waals surface area contributed by atoms with Gasteiger partial charge in [-0.1, -0.05) is 16.4 Å². The number of rotatable bonds is 8. The first-order valence-corrected chi connectivity index (χ1v) is 11.6. The lowest BCUT2D eigenvalue weighted by Gasteiger charge is -2.36. The number of carbonyl (C=O) groups excluding carboxylic acids is 1. The van der Waals surface area contributed by atoms with E-state index in [1.807, 2.05) is 11.0 Å². The molecule has 10 nitrogen and oxygen atoms in total. The molecule has 1 aliphatic heterocycles. The van der Waals surface area contributed by atoms with Crippen LogP contribution < -0.4 is 15.0 Å². The molecule has 0 unspecified atom stereocenters. The van der Waals surface area contributed by atoms with E-state index < -0.39 is 0 Å². The zero-order chi connectivity index (χ0) is 25.6. The molecule has 0 spiro atoms. The highest BCUT2D eigenvalue weighted by Gasteiger charge is 2.23. The Kier molecular flexibility index (Phi) is 6.98. The smallest absolute Gasteiger partial charge is 0.260 e. The molecule has 1 fully saturated rings. The number of hydrogen-bond acceptors (Lipinski definition) is 9. The van der Waals surface area contributed by atoms with Gasteiger partial charge in [0.05, 0.1) is 23.9 Å². The number of halogens is 1. The summed E-state index contributed by atoms with van der Waals surface area (Å²) in [7, 11) is 0.